The number of carbonyl (C=O) groups excluding carboxylic acids is 2. The molecule has 43 heavy (non-hydrogen) atoms. The van der Waals surface area contributed by atoms with E-state index in [4.69, 9.17) is 33.0 Å². The summed E-state index contributed by atoms with van der Waals surface area (Å²) in [5.41, 5.74) is 2.82. The van der Waals surface area contributed by atoms with Crippen LogP contribution in [0.2, 0.25) is 10.0 Å². The molecule has 1 aliphatic carbocycles. The molecule has 1 aromatic heterocycles. The first kappa shape index (κ1) is 31.1. The minimum absolute atomic E-state index is 0.125. The second kappa shape index (κ2) is 12.7. The van der Waals surface area contributed by atoms with Crippen LogP contribution in [0.15, 0.2) is 42.5 Å². The van der Waals surface area contributed by atoms with Crippen molar-refractivity contribution in [2.45, 2.75) is 78.0 Å². The lowest BCUT2D eigenvalue weighted by atomic mass is 9.93. The van der Waals surface area contributed by atoms with Crippen LogP contribution < -0.4 is 0 Å². The van der Waals surface area contributed by atoms with Gasteiger partial charge in [-0.05, 0) is 88.1 Å². The third-order valence-electron chi connectivity index (χ3n) is 7.82. The zero-order valence-electron chi connectivity index (χ0n) is 25.0. The molecule has 1 aliphatic heterocycles. The lowest BCUT2D eigenvalue weighted by Crippen LogP contribution is -2.43. The van der Waals surface area contributed by atoms with Gasteiger partial charge in [0, 0.05) is 23.2 Å². The number of hydrogen-bond acceptors (Lipinski definition) is 4. The topological polar surface area (TPSA) is 67.7 Å². The first-order valence-corrected chi connectivity index (χ1v) is 15.5. The predicted octanol–water partition coefficient (Wildman–Crippen LogP) is 8.40. The van der Waals surface area contributed by atoms with Gasteiger partial charge in [-0.25, -0.2) is 13.9 Å². The molecule has 1 fully saturated rings. The van der Waals surface area contributed by atoms with Crippen molar-refractivity contribution in [2.24, 2.45) is 0 Å². The van der Waals surface area contributed by atoms with Crippen LogP contribution in [0.4, 0.5) is 9.18 Å². The van der Waals surface area contributed by atoms with Gasteiger partial charge in [-0.15, -0.1) is 0 Å². The van der Waals surface area contributed by atoms with Crippen LogP contribution in [0.5, 0.6) is 0 Å². The fraction of sp³-hybridized carbons (Fsp3) is 0.424. The summed E-state index contributed by atoms with van der Waals surface area (Å²) >= 11 is 12.9. The maximum atomic E-state index is 14.3. The third kappa shape index (κ3) is 6.91. The summed E-state index contributed by atoms with van der Waals surface area (Å²) in [5, 5.41) is 5.75. The first-order valence-electron chi connectivity index (χ1n) is 14.8. The highest BCUT2D eigenvalue weighted by molar-refractivity contribution is 6.35. The van der Waals surface area contributed by atoms with Crippen LogP contribution in [0, 0.1) is 5.82 Å². The number of hydrogen-bond donors (Lipinski definition) is 0. The Kier molecular flexibility index (Phi) is 9.18. The fourth-order valence-corrected chi connectivity index (χ4v) is 6.37. The number of nitrogens with zero attached hydrogens (tertiary/aromatic N) is 4. The minimum Gasteiger partial charge on any atom is -0.444 e. The van der Waals surface area contributed by atoms with Crippen LogP contribution in [0.1, 0.15) is 87.1 Å². The van der Waals surface area contributed by atoms with Gasteiger partial charge in [0.1, 0.15) is 11.4 Å². The molecule has 7 nitrogen and oxygen atoms in total. The van der Waals surface area contributed by atoms with Crippen molar-refractivity contribution in [1.29, 1.82) is 0 Å². The highest BCUT2D eigenvalue weighted by atomic mass is 35.5. The van der Waals surface area contributed by atoms with Crippen LogP contribution in [-0.2, 0) is 11.3 Å². The predicted molar refractivity (Wildman–Crippen MR) is 168 cm³/mol. The van der Waals surface area contributed by atoms with Crippen LogP contribution >= 0.6 is 23.2 Å². The molecular formula is C33H37Cl2FN4O3. The van der Waals surface area contributed by atoms with Gasteiger partial charge >= 0.3 is 6.09 Å². The molecule has 0 saturated heterocycles. The van der Waals surface area contributed by atoms with Crippen molar-refractivity contribution in [3.8, 4) is 5.69 Å². The Labute approximate surface area is 262 Å². The molecule has 2 aliphatic rings. The molecular weight excluding hydrogens is 590 g/mol. The molecule has 0 N–H and O–H groups in total. The van der Waals surface area contributed by atoms with E-state index >= 15 is 0 Å². The Balaban J connectivity index is 1.71. The molecule has 2 amide bonds. The number of ether oxygens (including phenoxy) is 1. The summed E-state index contributed by atoms with van der Waals surface area (Å²) < 4.78 is 21.2. The number of benzene rings is 2. The molecule has 5 rings (SSSR count). The summed E-state index contributed by atoms with van der Waals surface area (Å²) in [6.45, 7) is 8.28. The molecule has 1 saturated carbocycles. The molecule has 228 valence electrons. The largest absolute Gasteiger partial charge is 0.444 e. The lowest BCUT2D eigenvalue weighted by molar-refractivity contribution is 0.0253. The molecule has 0 bridgehead atoms. The van der Waals surface area contributed by atoms with Crippen LogP contribution in [0.25, 0.3) is 17.3 Å². The van der Waals surface area contributed by atoms with E-state index in [1.165, 1.54) is 18.6 Å². The van der Waals surface area contributed by atoms with E-state index in [1.54, 1.807) is 39.9 Å². The molecule has 3 aromatic rings. The Morgan fingerprint density at radius 2 is 1.77 bits per heavy atom. The van der Waals surface area contributed by atoms with Crippen molar-refractivity contribution >= 4 is 46.9 Å². The van der Waals surface area contributed by atoms with E-state index in [0.29, 0.717) is 39.1 Å². The normalized spacial score (nSPS) is 16.7. The van der Waals surface area contributed by atoms with Crippen LogP contribution in [-0.4, -0.2) is 56.3 Å². The number of halogens is 3. The van der Waals surface area contributed by atoms with E-state index < -0.39 is 11.7 Å². The molecule has 10 heteroatoms. The SMILES string of the molecule is CCN(C(=O)c1nn(-c2ccc(Cl)cc2Cl)c2c1CN(C(=O)OC(C)(C)C)CC2=Cc1ccc(F)cc1)C1CCCCC1. The molecule has 0 atom stereocenters. The van der Waals surface area contributed by atoms with Crippen molar-refractivity contribution in [2.75, 3.05) is 13.1 Å². The number of carbonyl (C=O) groups is 2. The van der Waals surface area contributed by atoms with Crippen molar-refractivity contribution < 1.29 is 18.7 Å². The first-order chi connectivity index (χ1) is 20.4. The average molecular weight is 628 g/mol. The Morgan fingerprint density at radius 3 is 2.40 bits per heavy atom. The highest BCUT2D eigenvalue weighted by Gasteiger charge is 2.37. The van der Waals surface area contributed by atoms with E-state index in [9.17, 15) is 14.0 Å². The van der Waals surface area contributed by atoms with Gasteiger partial charge in [0.05, 0.1) is 29.5 Å². The van der Waals surface area contributed by atoms with Gasteiger partial charge < -0.3 is 9.64 Å². The van der Waals surface area contributed by atoms with E-state index in [-0.39, 0.29) is 36.5 Å². The Hall–Kier alpha value is -3.36. The molecule has 2 aromatic carbocycles. The summed E-state index contributed by atoms with van der Waals surface area (Å²) in [5.74, 6) is -0.531. The number of fused-ring (bicyclic) bond motifs is 1. The third-order valence-corrected chi connectivity index (χ3v) is 8.36. The quantitative estimate of drug-likeness (QED) is 0.285. The molecule has 2 heterocycles. The lowest BCUT2D eigenvalue weighted by Gasteiger charge is -2.34. The maximum Gasteiger partial charge on any atom is 0.410 e. The van der Waals surface area contributed by atoms with Gasteiger partial charge in [0.2, 0.25) is 0 Å². The maximum absolute atomic E-state index is 14.3. The average Bonchev–Trinajstić information content (AvgIpc) is 3.34. The standard InChI is InChI=1S/C33H37Cl2FN4O3/c1-5-39(25-9-7-6-8-10-25)31(41)29-26-20-38(32(42)43-33(2,3)4)19-22(17-21-11-14-24(36)15-12-21)30(26)40(37-29)28-16-13-23(34)18-27(28)35/h11-18,25H,5-10,19-20H2,1-4H3. The van der Waals surface area contributed by atoms with E-state index in [1.807, 2.05) is 38.7 Å². The zero-order chi connectivity index (χ0) is 30.9. The molecule has 0 unspecified atom stereocenters. The van der Waals surface area contributed by atoms with Gasteiger partial charge in [-0.1, -0.05) is 54.6 Å². The van der Waals surface area contributed by atoms with Crippen molar-refractivity contribution in [1.82, 2.24) is 19.6 Å². The number of amides is 2. The van der Waals surface area contributed by atoms with Gasteiger partial charge in [-0.3, -0.25) is 9.69 Å². The van der Waals surface area contributed by atoms with E-state index in [2.05, 4.69) is 0 Å². The Bertz CT molecular complexity index is 1540. The summed E-state index contributed by atoms with van der Waals surface area (Å²) in [6.07, 6.45) is 6.61. The second-order valence-corrected chi connectivity index (χ2v) is 13.0. The minimum atomic E-state index is -0.710. The van der Waals surface area contributed by atoms with Gasteiger partial charge in [0.25, 0.3) is 5.91 Å². The van der Waals surface area contributed by atoms with Gasteiger partial charge in [0.15, 0.2) is 5.69 Å². The summed E-state index contributed by atoms with van der Waals surface area (Å²) in [6, 6.07) is 11.3. The van der Waals surface area contributed by atoms with Crippen molar-refractivity contribution in [3.05, 3.63) is 80.8 Å². The molecule has 0 spiro atoms. The molecule has 0 radical (unpaired) electrons. The monoisotopic (exact) mass is 626 g/mol. The smallest absolute Gasteiger partial charge is 0.410 e. The summed E-state index contributed by atoms with van der Waals surface area (Å²) in [7, 11) is 0. The van der Waals surface area contributed by atoms with E-state index in [0.717, 1.165) is 31.2 Å². The summed E-state index contributed by atoms with van der Waals surface area (Å²) in [4.78, 5) is 31.2. The second-order valence-electron chi connectivity index (χ2n) is 12.1. The number of aromatic nitrogens is 2. The van der Waals surface area contributed by atoms with Crippen molar-refractivity contribution in [3.63, 3.8) is 0 Å². The van der Waals surface area contributed by atoms with Crippen LogP contribution in [0.3, 0.4) is 0 Å². The zero-order valence-corrected chi connectivity index (χ0v) is 26.5. The highest BCUT2D eigenvalue weighted by Crippen LogP contribution is 2.37. The fourth-order valence-electron chi connectivity index (χ4n) is 5.88. The number of rotatable bonds is 5. The van der Waals surface area contributed by atoms with Gasteiger partial charge in [-0.2, -0.15) is 5.10 Å². The Morgan fingerprint density at radius 1 is 1.07 bits per heavy atom.